The zero-order valence-corrected chi connectivity index (χ0v) is 18.3. The summed E-state index contributed by atoms with van der Waals surface area (Å²) < 4.78 is 5.85. The van der Waals surface area contributed by atoms with E-state index in [1.165, 1.54) is 0 Å². The van der Waals surface area contributed by atoms with Crippen molar-refractivity contribution in [2.24, 2.45) is 0 Å². The maximum absolute atomic E-state index is 9.79. The third-order valence-corrected chi connectivity index (χ3v) is 5.12. The van der Waals surface area contributed by atoms with E-state index >= 15 is 0 Å². The summed E-state index contributed by atoms with van der Waals surface area (Å²) in [5, 5.41) is 10.5. The molecule has 0 spiro atoms. The van der Waals surface area contributed by atoms with Gasteiger partial charge >= 0.3 is 0 Å². The third kappa shape index (κ3) is 5.96. The molecule has 156 valence electrons. The molecule has 0 saturated carbocycles. The van der Waals surface area contributed by atoms with Crippen LogP contribution in [0.4, 0.5) is 0 Å². The number of benzene rings is 3. The molecule has 0 atom stereocenters. The van der Waals surface area contributed by atoms with Crippen molar-refractivity contribution in [1.82, 2.24) is 4.90 Å². The van der Waals surface area contributed by atoms with E-state index in [0.717, 1.165) is 40.1 Å². The molecule has 0 saturated heterocycles. The Morgan fingerprint density at radius 1 is 0.833 bits per heavy atom. The number of hydrogen-bond acceptors (Lipinski definition) is 3. The van der Waals surface area contributed by atoms with Gasteiger partial charge in [-0.1, -0.05) is 66.2 Å². The lowest BCUT2D eigenvalue weighted by Gasteiger charge is -2.18. The fraction of sp³-hybridized carbons (Fsp3) is 0.231. The number of likely N-dealkylation sites (N-methyl/N-ethyl adjacent to an activating group) is 1. The van der Waals surface area contributed by atoms with Gasteiger partial charge in [-0.15, -0.1) is 0 Å². The largest absolute Gasteiger partial charge is 0.492 e. The van der Waals surface area contributed by atoms with Crippen molar-refractivity contribution in [3.63, 3.8) is 0 Å². The fourth-order valence-electron chi connectivity index (χ4n) is 3.36. The van der Waals surface area contributed by atoms with Crippen LogP contribution in [0.3, 0.4) is 0 Å². The van der Waals surface area contributed by atoms with Crippen LogP contribution >= 0.6 is 11.6 Å². The lowest BCUT2D eigenvalue weighted by Crippen LogP contribution is -2.19. The predicted molar refractivity (Wildman–Crippen MR) is 126 cm³/mol. The molecule has 30 heavy (non-hydrogen) atoms. The van der Waals surface area contributed by atoms with Crippen LogP contribution in [0.25, 0.3) is 11.1 Å². The zero-order chi connectivity index (χ0) is 21.3. The summed E-state index contributed by atoms with van der Waals surface area (Å²) in [6.07, 6.45) is 0.559. The van der Waals surface area contributed by atoms with Crippen molar-refractivity contribution in [3.8, 4) is 5.75 Å². The number of rotatable bonds is 9. The van der Waals surface area contributed by atoms with Gasteiger partial charge in [0, 0.05) is 18.2 Å². The Bertz CT molecular complexity index is 949. The second-order valence-electron chi connectivity index (χ2n) is 7.38. The van der Waals surface area contributed by atoms with Crippen molar-refractivity contribution in [1.29, 1.82) is 0 Å². The second kappa shape index (κ2) is 11.0. The molecule has 3 nitrogen and oxygen atoms in total. The Morgan fingerprint density at radius 3 is 2.00 bits per heavy atom. The summed E-state index contributed by atoms with van der Waals surface area (Å²) in [6, 6.07) is 26.2. The number of hydrogen-bond donors (Lipinski definition) is 1. The summed E-state index contributed by atoms with van der Waals surface area (Å²) in [5.74, 6) is 0.847. The Balaban J connectivity index is 2.04. The summed E-state index contributed by atoms with van der Waals surface area (Å²) in [4.78, 5) is 2.09. The van der Waals surface area contributed by atoms with Gasteiger partial charge in [0.05, 0.1) is 0 Å². The van der Waals surface area contributed by atoms with Crippen LogP contribution in [0.1, 0.15) is 23.1 Å². The average molecular weight is 422 g/mol. The molecule has 3 aromatic carbocycles. The minimum atomic E-state index is 0.0764. The number of ether oxygens (including phenoxy) is 1. The quantitative estimate of drug-likeness (QED) is 0.455. The third-order valence-electron chi connectivity index (χ3n) is 4.87. The highest BCUT2D eigenvalue weighted by molar-refractivity contribution is 6.30. The number of aliphatic hydroxyl groups is 1. The van der Waals surface area contributed by atoms with E-state index in [1.807, 2.05) is 68.7 Å². The molecule has 0 fully saturated rings. The molecule has 0 bridgehead atoms. The first kappa shape index (κ1) is 22.1. The molecule has 3 rings (SSSR count). The van der Waals surface area contributed by atoms with Crippen LogP contribution in [0.5, 0.6) is 5.75 Å². The van der Waals surface area contributed by atoms with Crippen LogP contribution in [-0.4, -0.2) is 43.9 Å². The zero-order valence-electron chi connectivity index (χ0n) is 17.5. The van der Waals surface area contributed by atoms with Crippen molar-refractivity contribution >= 4 is 22.7 Å². The Kier molecular flexibility index (Phi) is 8.09. The van der Waals surface area contributed by atoms with E-state index < -0.39 is 0 Å². The average Bonchev–Trinajstić information content (AvgIpc) is 2.76. The first-order valence-corrected chi connectivity index (χ1v) is 10.5. The van der Waals surface area contributed by atoms with Gasteiger partial charge in [0.1, 0.15) is 12.4 Å². The maximum atomic E-state index is 9.79. The van der Waals surface area contributed by atoms with Gasteiger partial charge in [0.15, 0.2) is 0 Å². The normalized spacial score (nSPS) is 12.0. The highest BCUT2D eigenvalue weighted by Gasteiger charge is 2.14. The van der Waals surface area contributed by atoms with Crippen molar-refractivity contribution in [3.05, 3.63) is 101 Å². The summed E-state index contributed by atoms with van der Waals surface area (Å²) >= 11 is 6.14. The van der Waals surface area contributed by atoms with E-state index in [9.17, 15) is 5.11 Å². The molecule has 0 unspecified atom stereocenters. The molecule has 0 radical (unpaired) electrons. The van der Waals surface area contributed by atoms with Gasteiger partial charge in [-0.05, 0) is 72.6 Å². The number of aliphatic hydroxyl groups excluding tert-OH is 1. The van der Waals surface area contributed by atoms with Gasteiger partial charge in [0.2, 0.25) is 0 Å². The van der Waals surface area contributed by atoms with Crippen LogP contribution < -0.4 is 4.74 Å². The Hall–Kier alpha value is -2.59. The maximum Gasteiger partial charge on any atom is 0.119 e. The summed E-state index contributed by atoms with van der Waals surface area (Å²) in [7, 11) is 4.06. The molecule has 0 amide bonds. The van der Waals surface area contributed by atoms with Crippen LogP contribution in [-0.2, 0) is 0 Å². The topological polar surface area (TPSA) is 32.7 Å². The molecule has 0 heterocycles. The second-order valence-corrected chi connectivity index (χ2v) is 7.81. The number of nitrogens with zero attached hydrogens (tertiary/aromatic N) is 1. The van der Waals surface area contributed by atoms with Gasteiger partial charge in [-0.3, -0.25) is 0 Å². The van der Waals surface area contributed by atoms with Gasteiger partial charge < -0.3 is 14.7 Å². The summed E-state index contributed by atoms with van der Waals surface area (Å²) in [5.41, 5.74) is 5.42. The van der Waals surface area contributed by atoms with Crippen LogP contribution in [0.15, 0.2) is 78.9 Å². The molecular formula is C26H28ClNO2. The SMILES string of the molecule is CN(C)CCOc1ccc(/C(=C(\CCO)c2ccccc2)c2ccc(Cl)cc2)cc1. The summed E-state index contributed by atoms with van der Waals surface area (Å²) in [6.45, 7) is 1.59. The van der Waals surface area contributed by atoms with E-state index in [2.05, 4.69) is 29.2 Å². The van der Waals surface area contributed by atoms with E-state index in [-0.39, 0.29) is 6.61 Å². The van der Waals surface area contributed by atoms with Crippen molar-refractivity contribution in [2.75, 3.05) is 33.9 Å². The Labute approximate surface area is 184 Å². The van der Waals surface area contributed by atoms with E-state index in [0.29, 0.717) is 18.1 Å². The van der Waals surface area contributed by atoms with Crippen LogP contribution in [0, 0.1) is 0 Å². The van der Waals surface area contributed by atoms with Crippen LogP contribution in [0.2, 0.25) is 5.02 Å². The molecule has 0 aliphatic rings. The van der Waals surface area contributed by atoms with E-state index in [4.69, 9.17) is 16.3 Å². The lowest BCUT2D eigenvalue weighted by molar-refractivity contribution is 0.261. The molecular weight excluding hydrogens is 394 g/mol. The first-order chi connectivity index (χ1) is 14.6. The number of halogens is 1. The van der Waals surface area contributed by atoms with Crippen molar-refractivity contribution < 1.29 is 9.84 Å². The smallest absolute Gasteiger partial charge is 0.119 e. The standard InChI is InChI=1S/C26H28ClNO2/c1-28(2)17-19-30-24-14-10-22(11-15-24)26(21-8-12-23(27)13-9-21)25(16-18-29)20-6-4-3-5-7-20/h3-15,29H,16-19H2,1-2H3/b26-25+. The highest BCUT2D eigenvalue weighted by atomic mass is 35.5. The van der Waals surface area contributed by atoms with Crippen molar-refractivity contribution in [2.45, 2.75) is 6.42 Å². The highest BCUT2D eigenvalue weighted by Crippen LogP contribution is 2.35. The van der Waals surface area contributed by atoms with E-state index in [1.54, 1.807) is 0 Å². The first-order valence-electron chi connectivity index (χ1n) is 10.1. The molecule has 0 aliphatic carbocycles. The fourth-order valence-corrected chi connectivity index (χ4v) is 3.49. The molecule has 0 aromatic heterocycles. The molecule has 4 heteroatoms. The minimum Gasteiger partial charge on any atom is -0.492 e. The van der Waals surface area contributed by atoms with Gasteiger partial charge in [0.25, 0.3) is 0 Å². The predicted octanol–water partition coefficient (Wildman–Crippen LogP) is 5.62. The molecule has 3 aromatic rings. The molecule has 0 aliphatic heterocycles. The lowest BCUT2D eigenvalue weighted by atomic mass is 9.88. The minimum absolute atomic E-state index is 0.0764. The monoisotopic (exact) mass is 421 g/mol. The molecule has 1 N–H and O–H groups in total. The van der Waals surface area contributed by atoms with Gasteiger partial charge in [-0.2, -0.15) is 0 Å². The van der Waals surface area contributed by atoms with Gasteiger partial charge in [-0.25, -0.2) is 0 Å². The Morgan fingerprint density at radius 2 is 1.43 bits per heavy atom.